The third kappa shape index (κ3) is 3.20. The van der Waals surface area contributed by atoms with Crippen LogP contribution in [0.2, 0.25) is 0 Å². The second-order valence-electron chi connectivity index (χ2n) is 5.41. The lowest BCUT2D eigenvalue weighted by Gasteiger charge is -2.12. The summed E-state index contributed by atoms with van der Waals surface area (Å²) in [6.45, 7) is 7.56. The van der Waals surface area contributed by atoms with E-state index in [9.17, 15) is 0 Å². The minimum absolute atomic E-state index is 0.470. The SMILES string of the molecule is Cc1[nH]nc(-c2ccccc2OCCC(C)C)c1CN. The van der Waals surface area contributed by atoms with E-state index in [-0.39, 0.29) is 0 Å². The highest BCUT2D eigenvalue weighted by atomic mass is 16.5. The Labute approximate surface area is 120 Å². The van der Waals surface area contributed by atoms with E-state index in [1.54, 1.807) is 0 Å². The quantitative estimate of drug-likeness (QED) is 0.849. The molecular weight excluding hydrogens is 250 g/mol. The minimum Gasteiger partial charge on any atom is -0.493 e. The van der Waals surface area contributed by atoms with Gasteiger partial charge in [-0.1, -0.05) is 26.0 Å². The first-order valence-corrected chi connectivity index (χ1v) is 7.09. The predicted molar refractivity (Wildman–Crippen MR) is 81.6 cm³/mol. The number of rotatable bonds is 6. The van der Waals surface area contributed by atoms with E-state index in [1.165, 1.54) is 0 Å². The molecule has 1 aromatic heterocycles. The summed E-state index contributed by atoms with van der Waals surface area (Å²) in [6.07, 6.45) is 1.04. The molecule has 0 aliphatic rings. The highest BCUT2D eigenvalue weighted by molar-refractivity contribution is 5.70. The summed E-state index contributed by atoms with van der Waals surface area (Å²) in [5.41, 5.74) is 9.78. The predicted octanol–water partition coefficient (Wildman–Crippen LogP) is 3.27. The van der Waals surface area contributed by atoms with Crippen LogP contribution in [-0.4, -0.2) is 16.8 Å². The molecule has 4 nitrogen and oxygen atoms in total. The number of nitrogens with two attached hydrogens (primary N) is 1. The number of benzene rings is 1. The van der Waals surface area contributed by atoms with Gasteiger partial charge in [-0.05, 0) is 31.4 Å². The Kier molecular flexibility index (Phi) is 4.79. The van der Waals surface area contributed by atoms with Crippen molar-refractivity contribution in [3.05, 3.63) is 35.5 Å². The van der Waals surface area contributed by atoms with Crippen molar-refractivity contribution in [1.29, 1.82) is 0 Å². The van der Waals surface area contributed by atoms with Gasteiger partial charge in [-0.25, -0.2) is 0 Å². The van der Waals surface area contributed by atoms with Crippen LogP contribution in [0.3, 0.4) is 0 Å². The van der Waals surface area contributed by atoms with Gasteiger partial charge in [-0.15, -0.1) is 0 Å². The van der Waals surface area contributed by atoms with E-state index in [1.807, 2.05) is 31.2 Å². The molecule has 1 heterocycles. The van der Waals surface area contributed by atoms with E-state index in [0.29, 0.717) is 12.5 Å². The topological polar surface area (TPSA) is 63.9 Å². The second kappa shape index (κ2) is 6.57. The minimum atomic E-state index is 0.470. The Morgan fingerprint density at radius 1 is 1.30 bits per heavy atom. The van der Waals surface area contributed by atoms with Crippen molar-refractivity contribution < 1.29 is 4.74 Å². The number of para-hydroxylation sites is 1. The first kappa shape index (κ1) is 14.6. The average Bonchev–Trinajstić information content (AvgIpc) is 2.80. The van der Waals surface area contributed by atoms with Crippen LogP contribution in [0.15, 0.2) is 24.3 Å². The van der Waals surface area contributed by atoms with Crippen LogP contribution in [-0.2, 0) is 6.54 Å². The molecule has 3 N–H and O–H groups in total. The first-order valence-electron chi connectivity index (χ1n) is 7.09. The van der Waals surface area contributed by atoms with E-state index in [0.717, 1.165) is 41.3 Å². The van der Waals surface area contributed by atoms with Crippen LogP contribution < -0.4 is 10.5 Å². The number of aromatic amines is 1. The molecule has 108 valence electrons. The lowest BCUT2D eigenvalue weighted by atomic mass is 10.1. The van der Waals surface area contributed by atoms with Crippen molar-refractivity contribution in [2.24, 2.45) is 11.7 Å². The van der Waals surface area contributed by atoms with Gasteiger partial charge in [0.05, 0.1) is 6.61 Å². The Bertz CT molecular complexity index is 561. The summed E-state index contributed by atoms with van der Waals surface area (Å²) in [7, 11) is 0. The largest absolute Gasteiger partial charge is 0.493 e. The number of H-pyrrole nitrogens is 1. The Morgan fingerprint density at radius 2 is 2.05 bits per heavy atom. The van der Waals surface area contributed by atoms with Gasteiger partial charge in [0, 0.05) is 23.4 Å². The zero-order valence-electron chi connectivity index (χ0n) is 12.4. The smallest absolute Gasteiger partial charge is 0.128 e. The molecule has 0 atom stereocenters. The summed E-state index contributed by atoms with van der Waals surface area (Å²) in [5.74, 6) is 1.50. The van der Waals surface area contributed by atoms with Crippen molar-refractivity contribution in [2.45, 2.75) is 33.7 Å². The number of ether oxygens (including phenoxy) is 1. The second-order valence-corrected chi connectivity index (χ2v) is 5.41. The van der Waals surface area contributed by atoms with Crippen molar-refractivity contribution in [1.82, 2.24) is 10.2 Å². The van der Waals surface area contributed by atoms with Gasteiger partial charge in [0.2, 0.25) is 0 Å². The fourth-order valence-electron chi connectivity index (χ4n) is 2.12. The number of nitrogens with one attached hydrogen (secondary N) is 1. The Balaban J connectivity index is 2.27. The van der Waals surface area contributed by atoms with Crippen LogP contribution in [0.4, 0.5) is 0 Å². The van der Waals surface area contributed by atoms with Crippen LogP contribution in [0, 0.1) is 12.8 Å². The van der Waals surface area contributed by atoms with Crippen LogP contribution >= 0.6 is 0 Å². The Morgan fingerprint density at radius 3 is 2.75 bits per heavy atom. The number of hydrogen-bond acceptors (Lipinski definition) is 3. The highest BCUT2D eigenvalue weighted by Crippen LogP contribution is 2.31. The number of hydrogen-bond donors (Lipinski definition) is 2. The maximum atomic E-state index is 5.92. The van der Waals surface area contributed by atoms with Gasteiger partial charge in [0.1, 0.15) is 11.4 Å². The molecule has 0 saturated heterocycles. The number of nitrogens with zero attached hydrogens (tertiary/aromatic N) is 1. The molecule has 0 amide bonds. The molecule has 1 aromatic carbocycles. The average molecular weight is 273 g/mol. The van der Waals surface area contributed by atoms with Crippen molar-refractivity contribution >= 4 is 0 Å². The van der Waals surface area contributed by atoms with Crippen LogP contribution in [0.5, 0.6) is 5.75 Å². The summed E-state index contributed by atoms with van der Waals surface area (Å²) in [4.78, 5) is 0. The molecule has 0 spiro atoms. The monoisotopic (exact) mass is 273 g/mol. The number of aromatic nitrogens is 2. The van der Waals surface area contributed by atoms with Crippen LogP contribution in [0.25, 0.3) is 11.3 Å². The zero-order chi connectivity index (χ0) is 14.5. The lowest BCUT2D eigenvalue weighted by molar-refractivity contribution is 0.290. The van der Waals surface area contributed by atoms with Crippen molar-refractivity contribution in [2.75, 3.05) is 6.61 Å². The molecule has 4 heteroatoms. The normalized spacial score (nSPS) is 11.1. The standard InChI is InChI=1S/C16H23N3O/c1-11(2)8-9-20-15-7-5-4-6-13(15)16-14(10-17)12(3)18-19-16/h4-7,11H,8-10,17H2,1-3H3,(H,18,19). The third-order valence-corrected chi connectivity index (χ3v) is 3.37. The van der Waals surface area contributed by atoms with Gasteiger partial charge >= 0.3 is 0 Å². The summed E-state index contributed by atoms with van der Waals surface area (Å²) in [5, 5.41) is 7.38. The molecule has 0 fully saturated rings. The van der Waals surface area contributed by atoms with Crippen molar-refractivity contribution in [3.8, 4) is 17.0 Å². The Hall–Kier alpha value is -1.81. The third-order valence-electron chi connectivity index (χ3n) is 3.37. The lowest BCUT2D eigenvalue weighted by Crippen LogP contribution is -2.03. The fourth-order valence-corrected chi connectivity index (χ4v) is 2.12. The molecule has 0 saturated carbocycles. The summed E-state index contributed by atoms with van der Waals surface area (Å²) >= 11 is 0. The molecule has 0 aliphatic carbocycles. The van der Waals surface area contributed by atoms with E-state index < -0.39 is 0 Å². The van der Waals surface area contributed by atoms with Gasteiger partial charge < -0.3 is 10.5 Å². The van der Waals surface area contributed by atoms with Crippen LogP contribution in [0.1, 0.15) is 31.5 Å². The van der Waals surface area contributed by atoms with Crippen molar-refractivity contribution in [3.63, 3.8) is 0 Å². The summed E-state index contributed by atoms with van der Waals surface area (Å²) < 4.78 is 5.92. The first-order chi connectivity index (χ1) is 9.63. The fraction of sp³-hybridized carbons (Fsp3) is 0.438. The number of aryl methyl sites for hydroxylation is 1. The van der Waals surface area contributed by atoms with E-state index in [4.69, 9.17) is 10.5 Å². The maximum absolute atomic E-state index is 5.92. The molecule has 0 unspecified atom stereocenters. The van der Waals surface area contributed by atoms with E-state index >= 15 is 0 Å². The van der Waals surface area contributed by atoms with Gasteiger partial charge in [0.25, 0.3) is 0 Å². The molecule has 20 heavy (non-hydrogen) atoms. The van der Waals surface area contributed by atoms with Gasteiger partial charge in [-0.3, -0.25) is 5.10 Å². The highest BCUT2D eigenvalue weighted by Gasteiger charge is 2.14. The molecule has 0 bridgehead atoms. The maximum Gasteiger partial charge on any atom is 0.128 e. The molecule has 2 rings (SSSR count). The molecule has 0 aliphatic heterocycles. The van der Waals surface area contributed by atoms with Gasteiger partial charge in [0.15, 0.2) is 0 Å². The molecule has 2 aromatic rings. The summed E-state index contributed by atoms with van der Waals surface area (Å²) in [6, 6.07) is 7.99. The zero-order valence-corrected chi connectivity index (χ0v) is 12.4. The molecule has 0 radical (unpaired) electrons. The van der Waals surface area contributed by atoms with Gasteiger partial charge in [-0.2, -0.15) is 5.10 Å². The van der Waals surface area contributed by atoms with E-state index in [2.05, 4.69) is 24.0 Å². The molecular formula is C16H23N3O.